The van der Waals surface area contributed by atoms with Crippen LogP contribution in [0.4, 0.5) is 10.5 Å². The number of hydrogen-bond donors (Lipinski definition) is 3. The lowest BCUT2D eigenvalue weighted by atomic mass is 10.2. The quantitative estimate of drug-likeness (QED) is 0.681. The standard InChI is InChI=1S/C18H20N2O4/c1-13-6-8-16(9-7-13)24-11-3-10-19-18(23)20-15-5-2-4-14(12-15)17(21)22/h2,4-9,12H,3,10-11H2,1H3,(H,21,22)(H2,19,20,23). The molecule has 2 amide bonds. The molecule has 6 heteroatoms. The Morgan fingerprint density at radius 2 is 1.88 bits per heavy atom. The van der Waals surface area contributed by atoms with Crippen molar-refractivity contribution in [2.24, 2.45) is 0 Å². The van der Waals surface area contributed by atoms with E-state index in [0.717, 1.165) is 5.75 Å². The maximum absolute atomic E-state index is 11.8. The van der Waals surface area contributed by atoms with Crippen molar-refractivity contribution in [2.45, 2.75) is 13.3 Å². The summed E-state index contributed by atoms with van der Waals surface area (Å²) in [6, 6.07) is 13.5. The number of aryl methyl sites for hydroxylation is 1. The Morgan fingerprint density at radius 1 is 1.12 bits per heavy atom. The topological polar surface area (TPSA) is 87.7 Å². The number of carbonyl (C=O) groups excluding carboxylic acids is 1. The number of carboxylic acids is 1. The van der Waals surface area contributed by atoms with Crippen molar-refractivity contribution in [3.8, 4) is 5.75 Å². The molecule has 0 heterocycles. The molecule has 0 unspecified atom stereocenters. The number of aromatic carboxylic acids is 1. The number of benzene rings is 2. The third-order valence-electron chi connectivity index (χ3n) is 3.26. The molecule has 0 atom stereocenters. The van der Waals surface area contributed by atoms with Crippen molar-refractivity contribution in [3.63, 3.8) is 0 Å². The van der Waals surface area contributed by atoms with Crippen LogP contribution in [0.5, 0.6) is 5.75 Å². The minimum Gasteiger partial charge on any atom is -0.494 e. The second-order valence-corrected chi connectivity index (χ2v) is 5.28. The van der Waals surface area contributed by atoms with Crippen LogP contribution in [0.3, 0.4) is 0 Å². The van der Waals surface area contributed by atoms with E-state index >= 15 is 0 Å². The van der Waals surface area contributed by atoms with Crippen molar-refractivity contribution in [3.05, 3.63) is 59.7 Å². The molecule has 0 radical (unpaired) electrons. The summed E-state index contributed by atoms with van der Waals surface area (Å²) < 4.78 is 5.57. The van der Waals surface area contributed by atoms with E-state index < -0.39 is 5.97 Å². The highest BCUT2D eigenvalue weighted by Gasteiger charge is 2.05. The molecular weight excluding hydrogens is 308 g/mol. The summed E-state index contributed by atoms with van der Waals surface area (Å²) in [6.45, 7) is 2.96. The predicted molar refractivity (Wildman–Crippen MR) is 91.7 cm³/mol. The van der Waals surface area contributed by atoms with E-state index in [1.807, 2.05) is 31.2 Å². The number of anilines is 1. The highest BCUT2D eigenvalue weighted by Crippen LogP contribution is 2.12. The zero-order valence-electron chi connectivity index (χ0n) is 13.4. The van der Waals surface area contributed by atoms with Crippen LogP contribution in [0.15, 0.2) is 48.5 Å². The van der Waals surface area contributed by atoms with Crippen LogP contribution in [0.2, 0.25) is 0 Å². The first kappa shape index (κ1) is 17.3. The minimum atomic E-state index is -1.03. The molecule has 6 nitrogen and oxygen atoms in total. The van der Waals surface area contributed by atoms with Crippen LogP contribution >= 0.6 is 0 Å². The fourth-order valence-corrected chi connectivity index (χ4v) is 2.00. The average Bonchev–Trinajstić information content (AvgIpc) is 2.56. The molecule has 0 aromatic heterocycles. The molecule has 0 aliphatic carbocycles. The number of carboxylic acid groups (broad SMARTS) is 1. The minimum absolute atomic E-state index is 0.124. The molecule has 0 bridgehead atoms. The molecule has 0 saturated carbocycles. The summed E-state index contributed by atoms with van der Waals surface area (Å²) in [4.78, 5) is 22.6. The molecule has 0 aliphatic rings. The highest BCUT2D eigenvalue weighted by molar-refractivity contribution is 5.93. The van der Waals surface area contributed by atoms with E-state index in [1.54, 1.807) is 12.1 Å². The average molecular weight is 328 g/mol. The monoisotopic (exact) mass is 328 g/mol. The van der Waals surface area contributed by atoms with Gasteiger partial charge in [-0.2, -0.15) is 0 Å². The molecule has 24 heavy (non-hydrogen) atoms. The summed E-state index contributed by atoms with van der Waals surface area (Å²) >= 11 is 0. The number of amides is 2. The highest BCUT2D eigenvalue weighted by atomic mass is 16.5. The zero-order chi connectivity index (χ0) is 17.4. The Labute approximate surface area is 140 Å². The van der Waals surface area contributed by atoms with E-state index in [4.69, 9.17) is 9.84 Å². The second-order valence-electron chi connectivity index (χ2n) is 5.28. The van der Waals surface area contributed by atoms with Crippen molar-refractivity contribution < 1.29 is 19.4 Å². The van der Waals surface area contributed by atoms with Crippen molar-refractivity contribution >= 4 is 17.7 Å². The summed E-state index contributed by atoms with van der Waals surface area (Å²) in [7, 11) is 0. The fraction of sp³-hybridized carbons (Fsp3) is 0.222. The number of rotatable bonds is 7. The van der Waals surface area contributed by atoms with Gasteiger partial charge in [0, 0.05) is 12.2 Å². The van der Waals surface area contributed by atoms with E-state index in [9.17, 15) is 9.59 Å². The number of ether oxygens (including phenoxy) is 1. The van der Waals surface area contributed by atoms with Gasteiger partial charge in [0.1, 0.15) is 5.75 Å². The first-order chi connectivity index (χ1) is 11.5. The van der Waals surface area contributed by atoms with Crippen LogP contribution in [-0.4, -0.2) is 30.3 Å². The number of hydrogen-bond acceptors (Lipinski definition) is 3. The van der Waals surface area contributed by atoms with Crippen molar-refractivity contribution in [1.82, 2.24) is 5.32 Å². The van der Waals surface area contributed by atoms with Gasteiger partial charge in [0.25, 0.3) is 0 Å². The summed E-state index contributed by atoms with van der Waals surface area (Å²) in [5.74, 6) is -0.233. The van der Waals surface area contributed by atoms with Crippen LogP contribution in [0.1, 0.15) is 22.3 Å². The molecule has 2 aromatic carbocycles. The smallest absolute Gasteiger partial charge is 0.335 e. The van der Waals surface area contributed by atoms with Gasteiger partial charge in [0.05, 0.1) is 12.2 Å². The maximum atomic E-state index is 11.8. The molecule has 0 saturated heterocycles. The first-order valence-electron chi connectivity index (χ1n) is 7.62. The van der Waals surface area contributed by atoms with E-state index in [-0.39, 0.29) is 11.6 Å². The number of carbonyl (C=O) groups is 2. The van der Waals surface area contributed by atoms with E-state index in [0.29, 0.717) is 25.3 Å². The van der Waals surface area contributed by atoms with Gasteiger partial charge < -0.3 is 20.5 Å². The fourth-order valence-electron chi connectivity index (χ4n) is 2.00. The van der Waals surface area contributed by atoms with Gasteiger partial charge in [-0.25, -0.2) is 9.59 Å². The molecule has 0 spiro atoms. The molecule has 0 aliphatic heterocycles. The summed E-state index contributed by atoms with van der Waals surface area (Å²) in [5, 5.41) is 14.2. The number of urea groups is 1. The van der Waals surface area contributed by atoms with Crippen LogP contribution in [0, 0.1) is 6.92 Å². The molecule has 126 valence electrons. The van der Waals surface area contributed by atoms with Crippen LogP contribution in [0.25, 0.3) is 0 Å². The van der Waals surface area contributed by atoms with Gasteiger partial charge in [-0.3, -0.25) is 0 Å². The second kappa shape index (κ2) is 8.57. The Balaban J connectivity index is 1.67. The van der Waals surface area contributed by atoms with Gasteiger partial charge in [-0.05, 0) is 43.7 Å². The lowest BCUT2D eigenvalue weighted by Gasteiger charge is -2.09. The predicted octanol–water partition coefficient (Wildman–Crippen LogP) is 3.28. The summed E-state index contributed by atoms with van der Waals surface area (Å²) in [5.41, 5.74) is 1.73. The van der Waals surface area contributed by atoms with Gasteiger partial charge in [0.15, 0.2) is 0 Å². The van der Waals surface area contributed by atoms with Gasteiger partial charge >= 0.3 is 12.0 Å². The largest absolute Gasteiger partial charge is 0.494 e. The molecule has 2 rings (SSSR count). The van der Waals surface area contributed by atoms with Gasteiger partial charge in [0.2, 0.25) is 0 Å². The van der Waals surface area contributed by atoms with E-state index in [1.165, 1.54) is 17.7 Å². The van der Waals surface area contributed by atoms with Crippen molar-refractivity contribution in [1.29, 1.82) is 0 Å². The SMILES string of the molecule is Cc1ccc(OCCCNC(=O)Nc2cccc(C(=O)O)c2)cc1. The Morgan fingerprint density at radius 3 is 2.58 bits per heavy atom. The molecule has 2 aromatic rings. The Bertz CT molecular complexity index is 698. The normalized spacial score (nSPS) is 10.0. The molecule has 0 fully saturated rings. The first-order valence-corrected chi connectivity index (χ1v) is 7.62. The molecule has 3 N–H and O–H groups in total. The zero-order valence-corrected chi connectivity index (χ0v) is 13.4. The Hall–Kier alpha value is -3.02. The van der Waals surface area contributed by atoms with Gasteiger partial charge in [-0.1, -0.05) is 23.8 Å². The third kappa shape index (κ3) is 5.64. The maximum Gasteiger partial charge on any atom is 0.335 e. The van der Waals surface area contributed by atoms with Gasteiger partial charge in [-0.15, -0.1) is 0 Å². The summed E-state index contributed by atoms with van der Waals surface area (Å²) in [6.07, 6.45) is 0.663. The molecular formula is C18H20N2O4. The lowest BCUT2D eigenvalue weighted by molar-refractivity contribution is 0.0697. The van der Waals surface area contributed by atoms with Crippen molar-refractivity contribution in [2.75, 3.05) is 18.5 Å². The van der Waals surface area contributed by atoms with Crippen LogP contribution in [-0.2, 0) is 0 Å². The lowest BCUT2D eigenvalue weighted by Crippen LogP contribution is -2.30. The number of nitrogens with one attached hydrogen (secondary N) is 2. The Kier molecular flexibility index (Phi) is 6.19. The third-order valence-corrected chi connectivity index (χ3v) is 3.26. The van der Waals surface area contributed by atoms with E-state index in [2.05, 4.69) is 10.6 Å². The van der Waals surface area contributed by atoms with Crippen LogP contribution < -0.4 is 15.4 Å².